The molecule has 1 heterocycles. The van der Waals surface area contributed by atoms with Crippen molar-refractivity contribution in [1.82, 2.24) is 10.2 Å². The number of hydrogen-bond donors (Lipinski definition) is 2. The summed E-state index contributed by atoms with van der Waals surface area (Å²) in [5.74, 6) is -0.366. The van der Waals surface area contributed by atoms with E-state index in [1.54, 1.807) is 18.2 Å². The highest BCUT2D eigenvalue weighted by Gasteiger charge is 2.36. The third-order valence-corrected chi connectivity index (χ3v) is 4.68. The molecule has 0 aromatic heterocycles. The number of benzene rings is 1. The molecule has 1 aliphatic heterocycles. The van der Waals surface area contributed by atoms with E-state index in [1.807, 2.05) is 6.92 Å². The van der Waals surface area contributed by atoms with Gasteiger partial charge in [0.25, 0.3) is 0 Å². The van der Waals surface area contributed by atoms with Crippen LogP contribution in [0.15, 0.2) is 24.3 Å². The molecule has 0 radical (unpaired) electrons. The van der Waals surface area contributed by atoms with Gasteiger partial charge in [-0.15, -0.1) is 12.4 Å². The van der Waals surface area contributed by atoms with Gasteiger partial charge in [-0.3, -0.25) is 9.69 Å². The van der Waals surface area contributed by atoms with Crippen molar-refractivity contribution in [2.24, 2.45) is 11.1 Å². The van der Waals surface area contributed by atoms with E-state index in [1.165, 1.54) is 6.07 Å². The van der Waals surface area contributed by atoms with Crippen LogP contribution < -0.4 is 11.1 Å². The van der Waals surface area contributed by atoms with Gasteiger partial charge < -0.3 is 11.1 Å². The van der Waals surface area contributed by atoms with E-state index in [9.17, 15) is 9.18 Å². The van der Waals surface area contributed by atoms with Crippen LogP contribution in [0.4, 0.5) is 4.39 Å². The Labute approximate surface area is 144 Å². The van der Waals surface area contributed by atoms with Crippen LogP contribution in [0, 0.1) is 11.2 Å². The lowest BCUT2D eigenvalue weighted by molar-refractivity contribution is -0.127. The minimum Gasteiger partial charge on any atom is -0.351 e. The first kappa shape index (κ1) is 19.9. The summed E-state index contributed by atoms with van der Waals surface area (Å²) in [5.41, 5.74) is 6.64. The van der Waals surface area contributed by atoms with Gasteiger partial charge in [-0.25, -0.2) is 4.39 Å². The molecule has 2 atom stereocenters. The third-order valence-electron chi connectivity index (χ3n) is 4.68. The normalized spacial score (nSPS) is 22.0. The highest BCUT2D eigenvalue weighted by atomic mass is 35.5. The van der Waals surface area contributed by atoms with Crippen molar-refractivity contribution in [3.63, 3.8) is 0 Å². The molecule has 3 N–H and O–H groups in total. The first-order valence-electron chi connectivity index (χ1n) is 7.82. The average molecular weight is 344 g/mol. The van der Waals surface area contributed by atoms with Gasteiger partial charge in [-0.05, 0) is 24.8 Å². The van der Waals surface area contributed by atoms with Crippen LogP contribution in [-0.2, 0) is 11.3 Å². The van der Waals surface area contributed by atoms with Crippen LogP contribution in [-0.4, -0.2) is 36.0 Å². The van der Waals surface area contributed by atoms with Crippen LogP contribution in [0.5, 0.6) is 0 Å². The Hall–Kier alpha value is -1.17. The van der Waals surface area contributed by atoms with Crippen molar-refractivity contribution < 1.29 is 9.18 Å². The molecule has 1 aromatic rings. The summed E-state index contributed by atoms with van der Waals surface area (Å²) in [6.45, 7) is 7.99. The van der Waals surface area contributed by atoms with Crippen LogP contribution in [0.25, 0.3) is 0 Å². The Morgan fingerprint density at radius 1 is 1.48 bits per heavy atom. The standard InChI is InChI=1S/C17H26FN3O.ClH/c1-12(21-9-8-15(19)17(2,3)11-21)16(22)20-10-13-6-4-5-7-14(13)18;/h4-7,12,15H,8-11,19H2,1-3H3,(H,20,22);1H. The first-order chi connectivity index (χ1) is 10.3. The molecule has 0 aliphatic carbocycles. The Balaban J connectivity index is 0.00000264. The molecular formula is C17H27ClFN3O. The zero-order chi connectivity index (χ0) is 16.3. The van der Waals surface area contributed by atoms with Crippen molar-refractivity contribution >= 4 is 18.3 Å². The maximum absolute atomic E-state index is 13.6. The van der Waals surface area contributed by atoms with Crippen molar-refractivity contribution in [2.45, 2.75) is 45.8 Å². The third kappa shape index (κ3) is 4.90. The number of nitrogens with zero attached hydrogens (tertiary/aromatic N) is 1. The number of rotatable bonds is 4. The summed E-state index contributed by atoms with van der Waals surface area (Å²) in [4.78, 5) is 14.5. The monoisotopic (exact) mass is 343 g/mol. The molecule has 1 aliphatic rings. The summed E-state index contributed by atoms with van der Waals surface area (Å²) in [7, 11) is 0. The molecule has 1 fully saturated rings. The zero-order valence-corrected chi connectivity index (χ0v) is 14.8. The quantitative estimate of drug-likeness (QED) is 0.882. The molecule has 1 amide bonds. The molecule has 0 bridgehead atoms. The predicted molar refractivity (Wildman–Crippen MR) is 92.9 cm³/mol. The van der Waals surface area contributed by atoms with Gasteiger partial charge in [0, 0.05) is 31.2 Å². The predicted octanol–water partition coefficient (Wildman–Crippen LogP) is 2.31. The lowest BCUT2D eigenvalue weighted by Crippen LogP contribution is -2.57. The lowest BCUT2D eigenvalue weighted by Gasteiger charge is -2.44. The lowest BCUT2D eigenvalue weighted by atomic mass is 9.79. The summed E-state index contributed by atoms with van der Waals surface area (Å²) < 4.78 is 13.6. The molecule has 1 aromatic carbocycles. The second-order valence-electron chi connectivity index (χ2n) is 6.84. The molecular weight excluding hydrogens is 317 g/mol. The van der Waals surface area contributed by atoms with Crippen LogP contribution >= 0.6 is 12.4 Å². The number of nitrogens with one attached hydrogen (secondary N) is 1. The van der Waals surface area contributed by atoms with Gasteiger partial charge in [-0.1, -0.05) is 32.0 Å². The van der Waals surface area contributed by atoms with Gasteiger partial charge >= 0.3 is 0 Å². The number of nitrogens with two attached hydrogens (primary N) is 1. The van der Waals surface area contributed by atoms with Crippen LogP contribution in [0.2, 0.25) is 0 Å². The van der Waals surface area contributed by atoms with Gasteiger partial charge in [0.15, 0.2) is 0 Å². The second-order valence-corrected chi connectivity index (χ2v) is 6.84. The minimum absolute atomic E-state index is 0. The van der Waals surface area contributed by atoms with Gasteiger partial charge in [0.2, 0.25) is 5.91 Å². The molecule has 6 heteroatoms. The van der Waals surface area contributed by atoms with Crippen molar-refractivity contribution in [1.29, 1.82) is 0 Å². The molecule has 0 saturated carbocycles. The summed E-state index contributed by atoms with van der Waals surface area (Å²) in [6.07, 6.45) is 0.887. The molecule has 4 nitrogen and oxygen atoms in total. The smallest absolute Gasteiger partial charge is 0.237 e. The highest BCUT2D eigenvalue weighted by molar-refractivity contribution is 5.85. The Morgan fingerprint density at radius 3 is 2.74 bits per heavy atom. The van der Waals surface area contributed by atoms with E-state index < -0.39 is 0 Å². The number of carbonyl (C=O) groups excluding carboxylic acids is 1. The largest absolute Gasteiger partial charge is 0.351 e. The fourth-order valence-electron chi connectivity index (χ4n) is 2.88. The van der Waals surface area contributed by atoms with Crippen LogP contribution in [0.3, 0.4) is 0 Å². The Bertz CT molecular complexity index is 538. The van der Waals surface area contributed by atoms with Crippen LogP contribution in [0.1, 0.15) is 32.8 Å². The number of hydrogen-bond acceptors (Lipinski definition) is 3. The topological polar surface area (TPSA) is 58.4 Å². The minimum atomic E-state index is -0.291. The number of likely N-dealkylation sites (tertiary alicyclic amines) is 1. The van der Waals surface area contributed by atoms with E-state index in [0.717, 1.165) is 19.5 Å². The summed E-state index contributed by atoms with van der Waals surface area (Å²) in [6, 6.07) is 6.42. The fourth-order valence-corrected chi connectivity index (χ4v) is 2.88. The van der Waals surface area contributed by atoms with Gasteiger partial charge in [0.05, 0.1) is 6.04 Å². The van der Waals surface area contributed by atoms with Crippen molar-refractivity contribution in [3.8, 4) is 0 Å². The van der Waals surface area contributed by atoms with Crippen molar-refractivity contribution in [2.75, 3.05) is 13.1 Å². The Morgan fingerprint density at radius 2 is 2.13 bits per heavy atom. The van der Waals surface area contributed by atoms with E-state index in [0.29, 0.717) is 5.56 Å². The number of piperidine rings is 1. The van der Waals surface area contributed by atoms with Crippen molar-refractivity contribution in [3.05, 3.63) is 35.6 Å². The number of amides is 1. The summed E-state index contributed by atoms with van der Waals surface area (Å²) in [5, 5.41) is 2.82. The molecule has 0 spiro atoms. The second kappa shape index (κ2) is 8.08. The van der Waals surface area contributed by atoms with E-state index in [2.05, 4.69) is 24.1 Å². The summed E-state index contributed by atoms with van der Waals surface area (Å²) >= 11 is 0. The maximum atomic E-state index is 13.6. The van der Waals surface area contributed by atoms with Gasteiger partial charge in [-0.2, -0.15) is 0 Å². The first-order valence-corrected chi connectivity index (χ1v) is 7.82. The molecule has 1 saturated heterocycles. The molecule has 130 valence electrons. The fraction of sp³-hybridized carbons (Fsp3) is 0.588. The molecule has 2 unspecified atom stereocenters. The Kier molecular flexibility index (Phi) is 6.99. The molecule has 2 rings (SSSR count). The maximum Gasteiger partial charge on any atom is 0.237 e. The molecule has 23 heavy (non-hydrogen) atoms. The average Bonchev–Trinajstić information content (AvgIpc) is 2.48. The zero-order valence-electron chi connectivity index (χ0n) is 14.0. The van der Waals surface area contributed by atoms with E-state index >= 15 is 0 Å². The highest BCUT2D eigenvalue weighted by Crippen LogP contribution is 2.28. The number of halogens is 2. The number of carbonyl (C=O) groups is 1. The van der Waals surface area contributed by atoms with E-state index in [-0.39, 0.29) is 48.2 Å². The van der Waals surface area contributed by atoms with E-state index in [4.69, 9.17) is 5.73 Å². The SMILES string of the molecule is CC(C(=O)NCc1ccccc1F)N1CCC(N)C(C)(C)C1.Cl. The van der Waals surface area contributed by atoms with Gasteiger partial charge in [0.1, 0.15) is 5.82 Å².